The van der Waals surface area contributed by atoms with E-state index in [1.54, 1.807) is 32.0 Å². The van der Waals surface area contributed by atoms with E-state index in [1.165, 1.54) is 50.2 Å². The number of carbonyl (C=O) groups is 5. The van der Waals surface area contributed by atoms with Crippen molar-refractivity contribution in [3.05, 3.63) is 60.2 Å². The van der Waals surface area contributed by atoms with E-state index < -0.39 is 68.9 Å². The van der Waals surface area contributed by atoms with Crippen LogP contribution in [-0.2, 0) is 40.2 Å². The van der Waals surface area contributed by atoms with Gasteiger partial charge in [-0.1, -0.05) is 44.2 Å². The molecule has 0 saturated carbocycles. The predicted octanol–water partition coefficient (Wildman–Crippen LogP) is 1.26. The number of aliphatic carboxylic acids is 1. The van der Waals surface area contributed by atoms with Crippen molar-refractivity contribution in [2.75, 3.05) is 0 Å². The SMILES string of the molecule is CC(=O)N[C@@H](Cc1ccc(O)cc1)C(=O)N[C@H](C(=O)N[C@@H](C)C(=O)NC(CCCC(=O)O)S(=O)(=O)c1ccccc1)C(C)C. The second kappa shape index (κ2) is 16.4. The Balaban J connectivity index is 2.15. The van der Waals surface area contributed by atoms with E-state index in [0.717, 1.165) is 0 Å². The minimum Gasteiger partial charge on any atom is -0.508 e. The summed E-state index contributed by atoms with van der Waals surface area (Å²) < 4.78 is 26.5. The fraction of sp³-hybridized carbons (Fsp3) is 0.433. The largest absolute Gasteiger partial charge is 0.508 e. The molecule has 14 heteroatoms. The zero-order valence-corrected chi connectivity index (χ0v) is 25.9. The normalized spacial score (nSPS) is 14.0. The summed E-state index contributed by atoms with van der Waals surface area (Å²) >= 11 is 0. The summed E-state index contributed by atoms with van der Waals surface area (Å²) in [6.45, 7) is 5.94. The second-order valence-corrected chi connectivity index (χ2v) is 12.9. The molecule has 0 spiro atoms. The number of phenols is 1. The first-order valence-electron chi connectivity index (χ1n) is 14.1. The van der Waals surface area contributed by atoms with Crippen molar-refractivity contribution in [2.24, 2.45) is 5.92 Å². The molecule has 0 fully saturated rings. The highest BCUT2D eigenvalue weighted by atomic mass is 32.2. The van der Waals surface area contributed by atoms with Gasteiger partial charge >= 0.3 is 5.97 Å². The van der Waals surface area contributed by atoms with Gasteiger partial charge in [-0.05, 0) is 55.5 Å². The third kappa shape index (κ3) is 11.0. The number of aromatic hydroxyl groups is 1. The summed E-state index contributed by atoms with van der Waals surface area (Å²) in [6, 6.07) is 10.1. The van der Waals surface area contributed by atoms with Crippen LogP contribution in [-0.4, -0.2) is 71.7 Å². The lowest BCUT2D eigenvalue weighted by molar-refractivity contribution is -0.137. The molecule has 0 aromatic heterocycles. The van der Waals surface area contributed by atoms with Crippen LogP contribution in [0.25, 0.3) is 0 Å². The standard InChI is InChI=1S/C30H40N4O9S/c1-18(2)27(34-29(40)24(32-20(4)35)17-21-13-15-22(36)16-14-21)30(41)31-19(3)28(39)33-25(11-8-12-26(37)38)44(42,43)23-9-6-5-7-10-23/h5-7,9-10,13-16,18-19,24-25,27,36H,8,11-12,17H2,1-4H3,(H,31,41)(H,32,35)(H,33,39)(H,34,40)(H,37,38)/t19-,24-,25?,27-/m0/s1. The molecule has 1 unspecified atom stereocenters. The molecular weight excluding hydrogens is 592 g/mol. The van der Waals surface area contributed by atoms with E-state index in [0.29, 0.717) is 5.56 Å². The van der Waals surface area contributed by atoms with Gasteiger partial charge in [-0.15, -0.1) is 0 Å². The Morgan fingerprint density at radius 1 is 0.795 bits per heavy atom. The topological polar surface area (TPSA) is 208 Å². The number of hydrogen-bond donors (Lipinski definition) is 6. The van der Waals surface area contributed by atoms with Gasteiger partial charge in [0.15, 0.2) is 9.84 Å². The fourth-order valence-electron chi connectivity index (χ4n) is 4.28. The number of sulfone groups is 1. The minimum atomic E-state index is -4.09. The highest BCUT2D eigenvalue weighted by molar-refractivity contribution is 7.92. The van der Waals surface area contributed by atoms with Gasteiger partial charge < -0.3 is 31.5 Å². The molecule has 0 radical (unpaired) electrons. The van der Waals surface area contributed by atoms with E-state index in [1.807, 2.05) is 0 Å². The Bertz CT molecular complexity index is 1410. The Morgan fingerprint density at radius 3 is 1.95 bits per heavy atom. The van der Waals surface area contributed by atoms with Crippen LogP contribution in [0.4, 0.5) is 0 Å². The van der Waals surface area contributed by atoms with E-state index in [-0.39, 0.29) is 36.3 Å². The van der Waals surface area contributed by atoms with Gasteiger partial charge in [0.1, 0.15) is 29.2 Å². The lowest BCUT2D eigenvalue weighted by atomic mass is 10.0. The average molecular weight is 633 g/mol. The van der Waals surface area contributed by atoms with Gasteiger partial charge in [0.05, 0.1) is 4.90 Å². The number of carbonyl (C=O) groups excluding carboxylic acids is 4. The number of nitrogens with one attached hydrogen (secondary N) is 4. The monoisotopic (exact) mass is 632 g/mol. The van der Waals surface area contributed by atoms with Crippen LogP contribution in [0.15, 0.2) is 59.5 Å². The maximum Gasteiger partial charge on any atom is 0.303 e. The zero-order valence-electron chi connectivity index (χ0n) is 25.1. The molecule has 44 heavy (non-hydrogen) atoms. The number of phenolic OH excluding ortho intramolecular Hbond substituents is 1. The van der Waals surface area contributed by atoms with Crippen molar-refractivity contribution < 1.29 is 42.6 Å². The number of amides is 4. The van der Waals surface area contributed by atoms with Crippen molar-refractivity contribution in [3.8, 4) is 5.75 Å². The quantitative estimate of drug-likeness (QED) is 0.157. The number of hydrogen-bond acceptors (Lipinski definition) is 8. The minimum absolute atomic E-state index is 0.0197. The number of carboxylic acids is 1. The lowest BCUT2D eigenvalue weighted by Crippen LogP contribution is -2.58. The molecule has 4 atom stereocenters. The zero-order chi connectivity index (χ0) is 33.0. The summed E-state index contributed by atoms with van der Waals surface area (Å²) in [5, 5.41) is 27.2. The van der Waals surface area contributed by atoms with Gasteiger partial charge in [-0.3, -0.25) is 24.0 Å². The highest BCUT2D eigenvalue weighted by Crippen LogP contribution is 2.19. The molecule has 0 bridgehead atoms. The molecule has 0 heterocycles. The molecule has 0 aliphatic rings. The van der Waals surface area contributed by atoms with E-state index >= 15 is 0 Å². The van der Waals surface area contributed by atoms with Crippen LogP contribution >= 0.6 is 0 Å². The molecule has 0 saturated heterocycles. The highest BCUT2D eigenvalue weighted by Gasteiger charge is 2.33. The average Bonchev–Trinajstić information content (AvgIpc) is 2.95. The van der Waals surface area contributed by atoms with Gasteiger partial charge in [0, 0.05) is 19.8 Å². The van der Waals surface area contributed by atoms with Crippen LogP contribution in [0.5, 0.6) is 5.75 Å². The summed E-state index contributed by atoms with van der Waals surface area (Å²) in [6.07, 6.45) is -0.415. The first kappa shape index (κ1) is 35.7. The first-order valence-corrected chi connectivity index (χ1v) is 15.6. The molecule has 4 amide bonds. The Morgan fingerprint density at radius 2 is 1.41 bits per heavy atom. The maximum absolute atomic E-state index is 13.3. The molecule has 2 rings (SSSR count). The van der Waals surface area contributed by atoms with Crippen LogP contribution < -0.4 is 21.3 Å². The molecule has 240 valence electrons. The van der Waals surface area contributed by atoms with Gasteiger partial charge in [0.2, 0.25) is 23.6 Å². The van der Waals surface area contributed by atoms with Gasteiger partial charge in [-0.25, -0.2) is 8.42 Å². The third-order valence-corrected chi connectivity index (χ3v) is 8.71. The van der Waals surface area contributed by atoms with Crippen molar-refractivity contribution in [3.63, 3.8) is 0 Å². The third-order valence-electron chi connectivity index (χ3n) is 6.68. The molecule has 0 aliphatic carbocycles. The Kier molecular flexibility index (Phi) is 13.3. The van der Waals surface area contributed by atoms with Crippen LogP contribution in [0.3, 0.4) is 0 Å². The van der Waals surface area contributed by atoms with Crippen LogP contribution in [0.1, 0.15) is 52.5 Å². The fourth-order valence-corrected chi connectivity index (χ4v) is 5.89. The van der Waals surface area contributed by atoms with E-state index in [9.17, 15) is 37.5 Å². The molecule has 2 aromatic carbocycles. The van der Waals surface area contributed by atoms with Crippen LogP contribution in [0, 0.1) is 5.92 Å². The van der Waals surface area contributed by atoms with Gasteiger partial charge in [-0.2, -0.15) is 0 Å². The summed E-state index contributed by atoms with van der Waals surface area (Å²) in [7, 11) is -4.09. The predicted molar refractivity (Wildman–Crippen MR) is 161 cm³/mol. The smallest absolute Gasteiger partial charge is 0.303 e. The van der Waals surface area contributed by atoms with Crippen molar-refractivity contribution >= 4 is 39.4 Å². The summed E-state index contributed by atoms with van der Waals surface area (Å²) in [5.74, 6) is -4.17. The number of benzene rings is 2. The van der Waals surface area contributed by atoms with E-state index in [2.05, 4.69) is 21.3 Å². The first-order chi connectivity index (χ1) is 20.6. The van der Waals surface area contributed by atoms with Crippen molar-refractivity contribution in [2.45, 2.75) is 81.8 Å². The second-order valence-electron chi connectivity index (χ2n) is 10.7. The maximum atomic E-state index is 13.3. The molecule has 0 aliphatic heterocycles. The molecule has 13 nitrogen and oxygen atoms in total. The summed E-state index contributed by atoms with van der Waals surface area (Å²) in [4.78, 5) is 62.2. The van der Waals surface area contributed by atoms with E-state index in [4.69, 9.17) is 5.11 Å². The van der Waals surface area contributed by atoms with Crippen LogP contribution in [0.2, 0.25) is 0 Å². The Labute approximate surface area is 256 Å². The van der Waals surface area contributed by atoms with Crippen molar-refractivity contribution in [1.29, 1.82) is 0 Å². The van der Waals surface area contributed by atoms with Crippen molar-refractivity contribution in [1.82, 2.24) is 21.3 Å². The number of rotatable bonds is 16. The molecular formula is C30H40N4O9S. The Hall–Kier alpha value is -4.46. The number of carboxylic acid groups (broad SMARTS) is 1. The lowest BCUT2D eigenvalue weighted by Gasteiger charge is -2.27. The molecule has 2 aromatic rings. The van der Waals surface area contributed by atoms with Gasteiger partial charge in [0.25, 0.3) is 0 Å². The summed E-state index contributed by atoms with van der Waals surface area (Å²) in [5.41, 5.74) is 0.649. The molecule has 6 N–H and O–H groups in total.